The van der Waals surface area contributed by atoms with E-state index in [2.05, 4.69) is 0 Å². The van der Waals surface area contributed by atoms with Crippen molar-refractivity contribution >= 4 is 25.1 Å². The van der Waals surface area contributed by atoms with Gasteiger partial charge in [-0.3, -0.25) is 18.9 Å². The molecule has 0 aromatic heterocycles. The zero-order valence-corrected chi connectivity index (χ0v) is 13.4. The Balaban J connectivity index is 4.61. The van der Waals surface area contributed by atoms with Crippen LogP contribution in [0.25, 0.3) is 0 Å². The molecule has 0 bridgehead atoms. The summed E-state index contributed by atoms with van der Waals surface area (Å²) in [4.78, 5) is 43.0. The topological polar surface area (TPSA) is 129 Å². The summed E-state index contributed by atoms with van der Waals surface area (Å²) in [5.41, 5.74) is -0.616. The zero-order valence-electron chi connectivity index (χ0n) is 12.5. The minimum Gasteiger partial charge on any atom is -0.481 e. The number of carboxylic acid groups (broad SMARTS) is 2. The van der Waals surface area contributed by atoms with E-state index in [9.17, 15) is 23.8 Å². The molecule has 122 valence electrons. The van der Waals surface area contributed by atoms with Crippen LogP contribution in [-0.2, 0) is 18.9 Å². The normalized spacial score (nSPS) is 16.0. The summed E-state index contributed by atoms with van der Waals surface area (Å²) in [6.45, 7) is 5.10. The van der Waals surface area contributed by atoms with E-state index in [1.807, 2.05) is 0 Å². The van der Waals surface area contributed by atoms with Gasteiger partial charge in [-0.25, -0.2) is 0 Å². The van der Waals surface area contributed by atoms with Crippen molar-refractivity contribution in [3.05, 3.63) is 0 Å². The third-order valence-corrected chi connectivity index (χ3v) is 5.02. The molecule has 21 heavy (non-hydrogen) atoms. The first kappa shape index (κ1) is 19.8. The lowest BCUT2D eigenvalue weighted by molar-refractivity contribution is -0.142. The van der Waals surface area contributed by atoms with E-state index in [0.717, 1.165) is 0 Å². The lowest BCUT2D eigenvalue weighted by atomic mass is 9.89. The molecule has 0 amide bonds. The Hall–Kier alpha value is -1.20. The van der Waals surface area contributed by atoms with Gasteiger partial charge in [0.25, 0.3) is 0 Å². The van der Waals surface area contributed by atoms with Crippen molar-refractivity contribution in [1.29, 1.82) is 0 Å². The largest absolute Gasteiger partial charge is 0.481 e. The Labute approximate surface area is 123 Å². The van der Waals surface area contributed by atoms with Gasteiger partial charge >= 0.3 is 11.9 Å². The summed E-state index contributed by atoms with van der Waals surface area (Å²) in [6, 6.07) is 0. The molecule has 0 spiro atoms. The highest BCUT2D eigenvalue weighted by molar-refractivity contribution is 7.58. The number of rotatable bonds is 9. The third kappa shape index (κ3) is 8.63. The summed E-state index contributed by atoms with van der Waals surface area (Å²) in [6.07, 6.45) is -1.46. The van der Waals surface area contributed by atoms with Crippen LogP contribution in [-0.4, -0.2) is 45.2 Å². The second kappa shape index (κ2) is 7.71. The smallest absolute Gasteiger partial charge is 0.307 e. The number of carbonyl (C=O) groups excluding carboxylic acids is 1. The fourth-order valence-corrected chi connectivity index (χ4v) is 3.44. The lowest BCUT2D eigenvalue weighted by Gasteiger charge is -2.19. The Morgan fingerprint density at radius 3 is 2.00 bits per heavy atom. The van der Waals surface area contributed by atoms with Gasteiger partial charge < -0.3 is 15.1 Å². The molecule has 2 unspecified atom stereocenters. The van der Waals surface area contributed by atoms with Gasteiger partial charge in [0, 0.05) is 30.6 Å². The maximum Gasteiger partial charge on any atom is 0.307 e. The van der Waals surface area contributed by atoms with Crippen LogP contribution in [0.1, 0.15) is 40.0 Å². The number of carboxylic acids is 2. The first-order valence-corrected chi connectivity index (χ1v) is 8.67. The molecule has 0 radical (unpaired) electrons. The van der Waals surface area contributed by atoms with Crippen molar-refractivity contribution in [2.75, 3.05) is 12.3 Å². The zero-order chi connectivity index (χ0) is 16.8. The van der Waals surface area contributed by atoms with Crippen molar-refractivity contribution in [3.8, 4) is 0 Å². The van der Waals surface area contributed by atoms with Crippen molar-refractivity contribution in [2.24, 2.45) is 11.3 Å². The molecule has 2 atom stereocenters. The molecule has 0 saturated heterocycles. The fourth-order valence-electron chi connectivity index (χ4n) is 1.68. The molecule has 0 aliphatic rings. The Kier molecular flexibility index (Phi) is 7.27. The Morgan fingerprint density at radius 2 is 1.62 bits per heavy atom. The molecule has 3 N–H and O–H groups in total. The molecule has 0 heterocycles. The second-order valence-corrected chi connectivity index (χ2v) is 8.65. The van der Waals surface area contributed by atoms with Gasteiger partial charge in [-0.05, 0) is 6.42 Å². The van der Waals surface area contributed by atoms with Crippen LogP contribution >= 0.6 is 7.37 Å². The van der Waals surface area contributed by atoms with Crippen LogP contribution in [0, 0.1) is 11.3 Å². The Morgan fingerprint density at radius 1 is 1.10 bits per heavy atom. The molecule has 0 rings (SSSR count). The minimum absolute atomic E-state index is 0.0947. The van der Waals surface area contributed by atoms with Crippen LogP contribution in [0.15, 0.2) is 0 Å². The monoisotopic (exact) mass is 322 g/mol. The van der Waals surface area contributed by atoms with Gasteiger partial charge in [-0.15, -0.1) is 0 Å². The number of aliphatic carboxylic acids is 2. The van der Waals surface area contributed by atoms with Crippen LogP contribution in [0.3, 0.4) is 0 Å². The molecule has 0 aromatic rings. The number of ketones is 1. The molecular formula is C13H23O7P. The average molecular weight is 322 g/mol. The van der Waals surface area contributed by atoms with Gasteiger partial charge in [0.1, 0.15) is 5.78 Å². The number of hydrogen-bond donors (Lipinski definition) is 3. The van der Waals surface area contributed by atoms with Crippen molar-refractivity contribution in [1.82, 2.24) is 0 Å². The van der Waals surface area contributed by atoms with E-state index in [-0.39, 0.29) is 31.2 Å². The standard InChI is InChI=1S/C13H23O7P/c1-13(2,3)10(14)6-7-21(19,20)8-9(12(17)18)4-5-11(15)16/h9H,4-8H2,1-3H3,(H,15,16)(H,17,18)(H,19,20). The predicted octanol–water partition coefficient (Wildman–Crippen LogP) is 1.83. The highest BCUT2D eigenvalue weighted by atomic mass is 31.2. The molecular weight excluding hydrogens is 299 g/mol. The molecule has 0 aromatic carbocycles. The highest BCUT2D eigenvalue weighted by Gasteiger charge is 2.31. The molecule has 7 nitrogen and oxygen atoms in total. The van der Waals surface area contributed by atoms with E-state index in [4.69, 9.17) is 10.2 Å². The summed E-state index contributed by atoms with van der Waals surface area (Å²) >= 11 is 0. The summed E-state index contributed by atoms with van der Waals surface area (Å²) < 4.78 is 12.0. The second-order valence-electron chi connectivity index (χ2n) is 6.14. The quantitative estimate of drug-likeness (QED) is 0.552. The highest BCUT2D eigenvalue weighted by Crippen LogP contribution is 2.44. The number of Topliss-reactive ketones (excluding diaryl/α,β-unsaturated/α-hetero) is 1. The van der Waals surface area contributed by atoms with Crippen LogP contribution in [0.5, 0.6) is 0 Å². The number of carbonyl (C=O) groups is 3. The fraction of sp³-hybridized carbons (Fsp3) is 0.769. The van der Waals surface area contributed by atoms with Gasteiger partial charge in [-0.1, -0.05) is 20.8 Å². The molecule has 0 aliphatic carbocycles. The summed E-state index contributed by atoms with van der Waals surface area (Å²) in [5, 5.41) is 17.5. The van der Waals surface area contributed by atoms with E-state index in [0.29, 0.717) is 0 Å². The van der Waals surface area contributed by atoms with E-state index in [1.165, 1.54) is 0 Å². The number of hydrogen-bond acceptors (Lipinski definition) is 4. The maximum atomic E-state index is 12.0. The van der Waals surface area contributed by atoms with Crippen LogP contribution < -0.4 is 0 Å². The first-order valence-electron chi connectivity index (χ1n) is 6.64. The first-order chi connectivity index (χ1) is 9.35. The third-order valence-electron chi connectivity index (χ3n) is 3.09. The molecule has 0 aliphatic heterocycles. The van der Waals surface area contributed by atoms with Gasteiger partial charge in [0.15, 0.2) is 0 Å². The van der Waals surface area contributed by atoms with Gasteiger partial charge in [0.05, 0.1) is 5.92 Å². The average Bonchev–Trinajstić information content (AvgIpc) is 2.29. The van der Waals surface area contributed by atoms with Gasteiger partial charge in [0.2, 0.25) is 7.37 Å². The Bertz CT molecular complexity index is 450. The molecule has 0 saturated carbocycles. The SMILES string of the molecule is CC(C)(C)C(=O)CCP(=O)(O)CC(CCC(=O)O)C(=O)O. The summed E-state index contributed by atoms with van der Waals surface area (Å²) in [7, 11) is -3.78. The molecule has 8 heteroatoms. The lowest BCUT2D eigenvalue weighted by Crippen LogP contribution is -2.23. The van der Waals surface area contributed by atoms with Crippen LogP contribution in [0.4, 0.5) is 0 Å². The maximum absolute atomic E-state index is 12.0. The predicted molar refractivity (Wildman–Crippen MR) is 76.6 cm³/mol. The van der Waals surface area contributed by atoms with Crippen molar-refractivity contribution < 1.29 is 34.1 Å². The molecule has 0 fully saturated rings. The van der Waals surface area contributed by atoms with E-state index < -0.39 is 36.8 Å². The van der Waals surface area contributed by atoms with E-state index in [1.54, 1.807) is 20.8 Å². The van der Waals surface area contributed by atoms with Crippen LogP contribution in [0.2, 0.25) is 0 Å². The summed E-state index contributed by atoms with van der Waals surface area (Å²) in [5.74, 6) is -3.82. The van der Waals surface area contributed by atoms with E-state index >= 15 is 0 Å². The van der Waals surface area contributed by atoms with Crippen molar-refractivity contribution in [3.63, 3.8) is 0 Å². The van der Waals surface area contributed by atoms with Crippen molar-refractivity contribution in [2.45, 2.75) is 40.0 Å². The minimum atomic E-state index is -3.78. The van der Waals surface area contributed by atoms with Gasteiger partial charge in [-0.2, -0.15) is 0 Å².